The monoisotopic (exact) mass is 350 g/mol. The second-order valence-electron chi connectivity index (χ2n) is 4.71. The Bertz CT molecular complexity index is 715. The summed E-state index contributed by atoms with van der Waals surface area (Å²) < 4.78 is 27.4. The van der Waals surface area contributed by atoms with Gasteiger partial charge in [0.15, 0.2) is 13.2 Å². The molecule has 0 saturated heterocycles. The van der Waals surface area contributed by atoms with Gasteiger partial charge in [-0.15, -0.1) is 0 Å². The minimum absolute atomic E-state index is 0.109. The number of carbonyl (C=O) groups excluding carboxylic acids is 3. The maximum Gasteiger partial charge on any atom is 0.344 e. The number of halogens is 1. The Labute approximate surface area is 141 Å². The van der Waals surface area contributed by atoms with Gasteiger partial charge in [-0.25, -0.2) is 14.0 Å². The van der Waals surface area contributed by atoms with Crippen molar-refractivity contribution < 1.29 is 32.7 Å². The maximum atomic E-state index is 12.7. The van der Waals surface area contributed by atoms with Crippen LogP contribution >= 0.6 is 0 Å². The summed E-state index contributed by atoms with van der Waals surface area (Å²) in [5.74, 6) is -1.24. The van der Waals surface area contributed by atoms with Crippen molar-refractivity contribution in [2.24, 2.45) is 0 Å². The molecule has 0 aliphatic carbocycles. The van der Waals surface area contributed by atoms with Gasteiger partial charge < -0.3 is 19.2 Å². The fraction of sp³-hybridized carbons (Fsp3) is 0.188. The Hall–Kier alpha value is -3.36. The summed E-state index contributed by atoms with van der Waals surface area (Å²) in [6, 6.07) is 7.61. The van der Waals surface area contributed by atoms with Crippen LogP contribution in [0.3, 0.4) is 0 Å². The van der Waals surface area contributed by atoms with E-state index in [0.717, 1.165) is 0 Å². The number of imide groups is 1. The van der Waals surface area contributed by atoms with Crippen molar-refractivity contribution in [3.8, 4) is 5.75 Å². The molecule has 0 aliphatic heterocycles. The zero-order valence-corrected chi connectivity index (χ0v) is 13.0. The molecule has 0 spiro atoms. The van der Waals surface area contributed by atoms with Crippen LogP contribution in [0.5, 0.6) is 5.75 Å². The molecule has 1 aromatic carbocycles. The third-order valence-corrected chi connectivity index (χ3v) is 2.79. The van der Waals surface area contributed by atoms with Gasteiger partial charge >= 0.3 is 12.0 Å². The third-order valence-electron chi connectivity index (χ3n) is 2.79. The zero-order valence-electron chi connectivity index (χ0n) is 13.0. The number of hydrogen-bond donors (Lipinski definition) is 2. The van der Waals surface area contributed by atoms with Gasteiger partial charge in [-0.1, -0.05) is 0 Å². The summed E-state index contributed by atoms with van der Waals surface area (Å²) in [7, 11) is 0. The zero-order chi connectivity index (χ0) is 18.1. The van der Waals surface area contributed by atoms with E-state index in [0.29, 0.717) is 5.76 Å². The second-order valence-corrected chi connectivity index (χ2v) is 4.71. The van der Waals surface area contributed by atoms with Gasteiger partial charge in [0.05, 0.1) is 12.8 Å². The van der Waals surface area contributed by atoms with Crippen molar-refractivity contribution >= 4 is 17.9 Å². The number of ether oxygens (including phenoxy) is 2. The lowest BCUT2D eigenvalue weighted by molar-refractivity contribution is -0.150. The molecule has 0 unspecified atom stereocenters. The summed E-state index contributed by atoms with van der Waals surface area (Å²) in [5.41, 5.74) is 0. The van der Waals surface area contributed by atoms with Crippen molar-refractivity contribution in [2.75, 3.05) is 13.2 Å². The first-order chi connectivity index (χ1) is 12.0. The summed E-state index contributed by atoms with van der Waals surface area (Å²) in [4.78, 5) is 34.4. The number of rotatable bonds is 7. The minimum Gasteiger partial charge on any atom is -0.482 e. The van der Waals surface area contributed by atoms with Crippen LogP contribution < -0.4 is 15.4 Å². The van der Waals surface area contributed by atoms with Crippen molar-refractivity contribution in [1.82, 2.24) is 10.6 Å². The molecule has 9 heteroatoms. The number of amides is 3. The average molecular weight is 350 g/mol. The predicted octanol–water partition coefficient (Wildman–Crippen LogP) is 1.37. The van der Waals surface area contributed by atoms with Crippen LogP contribution in [0.15, 0.2) is 47.1 Å². The molecule has 0 fully saturated rings. The lowest BCUT2D eigenvalue weighted by Crippen LogP contribution is -2.41. The third kappa shape index (κ3) is 6.73. The van der Waals surface area contributed by atoms with E-state index in [9.17, 15) is 18.8 Å². The highest BCUT2D eigenvalue weighted by Gasteiger charge is 2.11. The number of benzene rings is 1. The fourth-order valence-corrected chi connectivity index (χ4v) is 1.65. The van der Waals surface area contributed by atoms with Crippen LogP contribution in [0, 0.1) is 5.82 Å². The molecule has 0 atom stereocenters. The molecule has 132 valence electrons. The molecule has 0 bridgehead atoms. The highest BCUT2D eigenvalue weighted by Crippen LogP contribution is 2.10. The summed E-state index contributed by atoms with van der Waals surface area (Å²) >= 11 is 0. The molecule has 2 rings (SSSR count). The first kappa shape index (κ1) is 18.0. The Morgan fingerprint density at radius 3 is 2.52 bits per heavy atom. The van der Waals surface area contributed by atoms with E-state index in [1.165, 1.54) is 30.5 Å². The van der Waals surface area contributed by atoms with E-state index in [1.807, 2.05) is 5.32 Å². The molecular weight excluding hydrogens is 335 g/mol. The van der Waals surface area contributed by atoms with Gasteiger partial charge in [-0.05, 0) is 36.4 Å². The van der Waals surface area contributed by atoms with Gasteiger partial charge in [0, 0.05) is 0 Å². The molecule has 1 heterocycles. The van der Waals surface area contributed by atoms with Crippen molar-refractivity contribution in [3.05, 3.63) is 54.2 Å². The smallest absolute Gasteiger partial charge is 0.344 e. The average Bonchev–Trinajstić information content (AvgIpc) is 3.11. The largest absolute Gasteiger partial charge is 0.482 e. The van der Waals surface area contributed by atoms with E-state index in [1.54, 1.807) is 12.1 Å². The van der Waals surface area contributed by atoms with Crippen molar-refractivity contribution in [2.45, 2.75) is 6.54 Å². The number of urea groups is 1. The Balaban J connectivity index is 1.60. The SMILES string of the molecule is O=C(COC(=O)COc1ccc(F)cc1)NC(=O)NCc1ccco1. The first-order valence-electron chi connectivity index (χ1n) is 7.17. The summed E-state index contributed by atoms with van der Waals surface area (Å²) in [6.45, 7) is -0.985. The normalized spacial score (nSPS) is 9.96. The van der Waals surface area contributed by atoms with Gasteiger partial charge in [-0.3, -0.25) is 10.1 Å². The van der Waals surface area contributed by atoms with Crippen molar-refractivity contribution in [1.29, 1.82) is 0 Å². The van der Waals surface area contributed by atoms with Crippen LogP contribution in [0.4, 0.5) is 9.18 Å². The molecule has 0 saturated carbocycles. The van der Waals surface area contributed by atoms with E-state index in [2.05, 4.69) is 10.1 Å². The number of furan rings is 1. The van der Waals surface area contributed by atoms with Gasteiger partial charge in [-0.2, -0.15) is 0 Å². The molecular formula is C16H15FN2O6. The van der Waals surface area contributed by atoms with Crippen LogP contribution in [0.2, 0.25) is 0 Å². The number of esters is 1. The first-order valence-corrected chi connectivity index (χ1v) is 7.17. The van der Waals surface area contributed by atoms with E-state index in [4.69, 9.17) is 9.15 Å². The molecule has 0 radical (unpaired) electrons. The quantitative estimate of drug-likeness (QED) is 0.731. The summed E-state index contributed by atoms with van der Waals surface area (Å²) in [5, 5.41) is 4.38. The van der Waals surface area contributed by atoms with E-state index in [-0.39, 0.29) is 12.3 Å². The highest BCUT2D eigenvalue weighted by molar-refractivity contribution is 5.95. The van der Waals surface area contributed by atoms with E-state index < -0.39 is 36.9 Å². The number of hydrogen-bond acceptors (Lipinski definition) is 6. The Kier molecular flexibility index (Phi) is 6.52. The lowest BCUT2D eigenvalue weighted by Gasteiger charge is -2.08. The van der Waals surface area contributed by atoms with Crippen LogP contribution in [0.1, 0.15) is 5.76 Å². The Morgan fingerprint density at radius 1 is 1.08 bits per heavy atom. The topological polar surface area (TPSA) is 107 Å². The number of nitrogens with one attached hydrogen (secondary N) is 2. The minimum atomic E-state index is -0.810. The van der Waals surface area contributed by atoms with Crippen LogP contribution in [-0.2, 0) is 20.9 Å². The molecule has 25 heavy (non-hydrogen) atoms. The fourth-order valence-electron chi connectivity index (χ4n) is 1.65. The maximum absolute atomic E-state index is 12.7. The lowest BCUT2D eigenvalue weighted by atomic mass is 10.3. The van der Waals surface area contributed by atoms with Gasteiger partial charge in [0.2, 0.25) is 0 Å². The molecule has 1 aromatic heterocycles. The van der Waals surface area contributed by atoms with E-state index >= 15 is 0 Å². The molecule has 2 aromatic rings. The summed E-state index contributed by atoms with van der Waals surface area (Å²) in [6.07, 6.45) is 1.45. The predicted molar refractivity (Wildman–Crippen MR) is 81.9 cm³/mol. The molecule has 2 N–H and O–H groups in total. The van der Waals surface area contributed by atoms with Crippen LogP contribution in [0.25, 0.3) is 0 Å². The molecule has 8 nitrogen and oxygen atoms in total. The van der Waals surface area contributed by atoms with Gasteiger partial charge in [0.1, 0.15) is 17.3 Å². The Morgan fingerprint density at radius 2 is 1.84 bits per heavy atom. The molecule has 3 amide bonds. The standard InChI is InChI=1S/C16H15FN2O6/c17-11-3-5-12(6-4-11)24-10-15(21)25-9-14(20)19-16(22)18-8-13-2-1-7-23-13/h1-7H,8-10H2,(H2,18,19,20,22). The van der Waals surface area contributed by atoms with Crippen molar-refractivity contribution in [3.63, 3.8) is 0 Å². The second kappa shape index (κ2) is 9.06. The highest BCUT2D eigenvalue weighted by atomic mass is 19.1. The van der Waals surface area contributed by atoms with Gasteiger partial charge in [0.25, 0.3) is 5.91 Å². The molecule has 0 aliphatic rings. The van der Waals surface area contributed by atoms with Crippen LogP contribution in [-0.4, -0.2) is 31.1 Å². The number of carbonyl (C=O) groups is 3.